The first kappa shape index (κ1) is 59.9. The Morgan fingerprint density at radius 3 is 0.661 bits per heavy atom. The van der Waals surface area contributed by atoms with E-state index in [0.717, 1.165) is 37.4 Å². The Morgan fingerprint density at radius 1 is 0.387 bits per heavy atom. The predicted molar refractivity (Wildman–Crippen MR) is 238 cm³/mol. The van der Waals surface area contributed by atoms with Crippen molar-refractivity contribution in [2.45, 2.75) is 99.7 Å². The first-order chi connectivity index (χ1) is 29.5. The van der Waals surface area contributed by atoms with E-state index < -0.39 is 34.2 Å². The summed E-state index contributed by atoms with van der Waals surface area (Å²) in [7, 11) is -6.83. The number of hydrogen-bond donors (Lipinski definition) is 0. The number of rotatable bonds is 27. The number of aromatic nitrogens is 3. The Hall–Kier alpha value is -2.15. The van der Waals surface area contributed by atoms with Gasteiger partial charge in [0.25, 0.3) is 0 Å². The average molecular weight is 948 g/mol. The molecule has 62 heavy (non-hydrogen) atoms. The lowest BCUT2D eigenvalue weighted by atomic mass is 10.2. The molecular weight excluding hydrogens is 870 g/mol. The van der Waals surface area contributed by atoms with Crippen molar-refractivity contribution in [1.82, 2.24) is 0 Å². The maximum Gasteiger partial charge on any atom is 0.501 e. The fourth-order valence-electron chi connectivity index (χ4n) is 5.99. The van der Waals surface area contributed by atoms with Crippen LogP contribution in [-0.2, 0) is 84.8 Å². The molecule has 0 aliphatic rings. The van der Waals surface area contributed by atoms with Gasteiger partial charge in [0.15, 0.2) is 37.2 Å². The second-order valence-corrected chi connectivity index (χ2v) is 22.6. The van der Waals surface area contributed by atoms with Crippen LogP contribution in [0.2, 0.25) is 18.1 Å². The molecule has 0 aliphatic carbocycles. The van der Waals surface area contributed by atoms with Gasteiger partial charge >= 0.3 is 26.4 Å². The molecule has 0 radical (unpaired) electrons. The van der Waals surface area contributed by atoms with E-state index in [1.807, 2.05) is 97.2 Å². The SMILES string of the molecule is CCO[Si](CCc1cc[n+](C)cc1)(OCC)OCC.CCO[Si](CCc1cc[n+](C)cc1)(OCC)OCC.CCO[Si](CCc1cc[n+](C)cc1)(OCC)OCC.O=P([O-])([O-])[O-]. The minimum absolute atomic E-state index is 0.635. The van der Waals surface area contributed by atoms with Crippen LogP contribution < -0.4 is 28.4 Å². The molecule has 0 saturated heterocycles. The third kappa shape index (κ3) is 27.9. The lowest BCUT2D eigenvalue weighted by molar-refractivity contribution is -0.671. The van der Waals surface area contributed by atoms with Gasteiger partial charge in [-0.15, -0.1) is 0 Å². The Bertz CT molecular complexity index is 1350. The minimum atomic E-state index is -5.39. The lowest BCUT2D eigenvalue weighted by Crippen LogP contribution is -2.46. The van der Waals surface area contributed by atoms with Crippen molar-refractivity contribution in [2.75, 3.05) is 59.5 Å². The topological polar surface area (TPSA) is 181 Å². The molecule has 0 N–H and O–H groups in total. The van der Waals surface area contributed by atoms with Crippen LogP contribution in [0.15, 0.2) is 73.6 Å². The van der Waals surface area contributed by atoms with Gasteiger partial charge in [-0.25, -0.2) is 13.7 Å². The predicted octanol–water partition coefficient (Wildman–Crippen LogP) is 3.48. The summed E-state index contributed by atoms with van der Waals surface area (Å²) < 4.78 is 67.2. The van der Waals surface area contributed by atoms with Gasteiger partial charge in [0.05, 0.1) is 0 Å². The standard InChI is InChI=1S/3C14H26NO3Si.H3O4P/c3*1-5-16-19(17-6-2,18-7-3)13-10-14-8-11-15(4)12-9-14;1-5(2,3)4/h3*8-9,11-12H,5-7,10,13H2,1-4H3;(H3,1,2,3,4)/q3*+1;/p-3. The highest BCUT2D eigenvalue weighted by Crippen LogP contribution is 2.21. The molecule has 356 valence electrons. The van der Waals surface area contributed by atoms with E-state index in [9.17, 15) is 0 Å². The third-order valence-corrected chi connectivity index (χ3v) is 17.7. The van der Waals surface area contributed by atoms with Crippen LogP contribution in [0.1, 0.15) is 79.0 Å². The maximum absolute atomic E-state index is 8.55. The molecule has 3 heterocycles. The van der Waals surface area contributed by atoms with Gasteiger partial charge < -0.3 is 59.1 Å². The molecule has 0 spiro atoms. The molecule has 3 rings (SSSR count). The van der Waals surface area contributed by atoms with E-state index in [1.54, 1.807) is 0 Å². The van der Waals surface area contributed by atoms with Crippen molar-refractivity contribution >= 4 is 34.2 Å². The summed E-state index contributed by atoms with van der Waals surface area (Å²) in [5.41, 5.74) is 3.86. The van der Waals surface area contributed by atoms with Crippen LogP contribution in [0, 0.1) is 0 Å². The highest BCUT2D eigenvalue weighted by atomic mass is 31.2. The van der Waals surface area contributed by atoms with Crippen LogP contribution in [0.3, 0.4) is 0 Å². The molecule has 3 aromatic heterocycles. The fraction of sp³-hybridized carbons (Fsp3) is 0.643. The first-order valence-corrected chi connectivity index (χ1v) is 29.0. The molecule has 0 atom stereocenters. The zero-order valence-electron chi connectivity index (χ0n) is 39.6. The summed E-state index contributed by atoms with van der Waals surface area (Å²) >= 11 is 0. The van der Waals surface area contributed by atoms with E-state index >= 15 is 0 Å². The molecular formula is C42H78N3O13PSi3. The largest absolute Gasteiger partial charge is 0.822 e. The van der Waals surface area contributed by atoms with Crippen LogP contribution in [0.4, 0.5) is 0 Å². The van der Waals surface area contributed by atoms with E-state index in [-0.39, 0.29) is 0 Å². The second kappa shape index (κ2) is 34.2. The summed E-state index contributed by atoms with van der Waals surface area (Å²) in [6.45, 7) is 23.6. The average Bonchev–Trinajstić information content (AvgIpc) is 3.21. The minimum Gasteiger partial charge on any atom is -0.822 e. The number of phosphoric acid groups is 1. The van der Waals surface area contributed by atoms with Crippen LogP contribution in [0.5, 0.6) is 0 Å². The monoisotopic (exact) mass is 947 g/mol. The Kier molecular flexibility index (Phi) is 33.0. The second-order valence-electron chi connectivity index (χ2n) is 13.5. The molecule has 0 saturated carbocycles. The number of aryl methyl sites for hydroxylation is 6. The summed E-state index contributed by atoms with van der Waals surface area (Å²) in [6, 6.07) is 15.3. The third-order valence-electron chi connectivity index (χ3n) is 8.58. The van der Waals surface area contributed by atoms with Gasteiger partial charge in [0.1, 0.15) is 21.1 Å². The van der Waals surface area contributed by atoms with Crippen molar-refractivity contribution < 1.29 is 72.8 Å². The Labute approximate surface area is 376 Å². The normalized spacial score (nSPS) is 11.8. The molecule has 0 aromatic carbocycles. The number of pyridine rings is 3. The van der Waals surface area contributed by atoms with E-state index in [1.165, 1.54) is 16.7 Å². The van der Waals surface area contributed by atoms with Crippen molar-refractivity contribution in [3.8, 4) is 0 Å². The number of hydrogen-bond acceptors (Lipinski definition) is 13. The van der Waals surface area contributed by atoms with Crippen LogP contribution >= 0.6 is 7.82 Å². The van der Waals surface area contributed by atoms with Gasteiger partial charge in [-0.3, -0.25) is 0 Å². The van der Waals surface area contributed by atoms with E-state index in [0.29, 0.717) is 59.5 Å². The highest BCUT2D eigenvalue weighted by Gasteiger charge is 2.41. The summed E-state index contributed by atoms with van der Waals surface area (Å²) in [5, 5.41) is 0. The smallest absolute Gasteiger partial charge is 0.501 e. The van der Waals surface area contributed by atoms with Crippen molar-refractivity contribution in [3.63, 3.8) is 0 Å². The van der Waals surface area contributed by atoms with Gasteiger partial charge in [-0.05, 0) is 98.3 Å². The fourth-order valence-corrected chi connectivity index (χ4v) is 13.8. The highest BCUT2D eigenvalue weighted by molar-refractivity contribution is 7.40. The molecule has 0 amide bonds. The molecule has 0 aliphatic heterocycles. The molecule has 0 unspecified atom stereocenters. The molecule has 3 aromatic rings. The maximum atomic E-state index is 8.55. The summed E-state index contributed by atoms with van der Waals surface area (Å²) in [6.07, 6.45) is 15.1. The van der Waals surface area contributed by atoms with Crippen molar-refractivity contribution in [1.29, 1.82) is 0 Å². The van der Waals surface area contributed by atoms with E-state index in [2.05, 4.69) is 73.6 Å². The molecule has 0 bridgehead atoms. The van der Waals surface area contributed by atoms with Crippen molar-refractivity contribution in [2.24, 2.45) is 21.1 Å². The zero-order chi connectivity index (χ0) is 46.9. The molecule has 16 nitrogen and oxygen atoms in total. The van der Waals surface area contributed by atoms with Gasteiger partial charge in [0.2, 0.25) is 0 Å². The van der Waals surface area contributed by atoms with Crippen LogP contribution in [0.25, 0.3) is 0 Å². The Balaban J connectivity index is 0.000000851. The van der Waals surface area contributed by atoms with E-state index in [4.69, 9.17) is 59.1 Å². The quantitative estimate of drug-likeness (QED) is 0.0617. The van der Waals surface area contributed by atoms with Gasteiger partial charge in [-0.2, -0.15) is 7.82 Å². The molecule has 0 fully saturated rings. The summed E-state index contributed by atoms with van der Waals surface area (Å²) in [5.74, 6) is 0. The Morgan fingerprint density at radius 2 is 0.532 bits per heavy atom. The van der Waals surface area contributed by atoms with Crippen molar-refractivity contribution in [3.05, 3.63) is 90.3 Å². The first-order valence-electron chi connectivity index (χ1n) is 21.8. The van der Waals surface area contributed by atoms with Gasteiger partial charge in [-0.1, -0.05) is 0 Å². The van der Waals surface area contributed by atoms with Crippen LogP contribution in [-0.4, -0.2) is 85.9 Å². The number of nitrogens with zero attached hydrogens (tertiary/aromatic N) is 3. The lowest BCUT2D eigenvalue weighted by Gasteiger charge is -2.36. The summed E-state index contributed by atoms with van der Waals surface area (Å²) in [4.78, 5) is 25.6. The van der Waals surface area contributed by atoms with Gasteiger partial charge in [0, 0.05) is 114 Å². The molecule has 20 heteroatoms. The zero-order valence-corrected chi connectivity index (χ0v) is 43.5.